The summed E-state index contributed by atoms with van der Waals surface area (Å²) in [6.45, 7) is 0.453. The molecule has 0 saturated heterocycles. The van der Waals surface area contributed by atoms with Crippen molar-refractivity contribution < 1.29 is 9.59 Å². The SMILES string of the molecule is O=C1c2nc(Nc3ccncc3)ccc2CN1C1(C(=O)NC2CC2)CC1. The van der Waals surface area contributed by atoms with Crippen molar-refractivity contribution in [2.75, 3.05) is 5.32 Å². The van der Waals surface area contributed by atoms with Gasteiger partial charge in [-0.2, -0.15) is 0 Å². The Balaban J connectivity index is 1.37. The Morgan fingerprint density at radius 2 is 1.92 bits per heavy atom. The summed E-state index contributed by atoms with van der Waals surface area (Å²) >= 11 is 0. The summed E-state index contributed by atoms with van der Waals surface area (Å²) in [7, 11) is 0. The van der Waals surface area contributed by atoms with E-state index in [2.05, 4.69) is 20.6 Å². The quantitative estimate of drug-likeness (QED) is 0.862. The van der Waals surface area contributed by atoms with Gasteiger partial charge in [0, 0.05) is 36.2 Å². The number of carbonyl (C=O) groups is 2. The summed E-state index contributed by atoms with van der Waals surface area (Å²) in [6.07, 6.45) is 6.93. The van der Waals surface area contributed by atoms with Gasteiger partial charge >= 0.3 is 0 Å². The zero-order valence-electron chi connectivity index (χ0n) is 14.2. The van der Waals surface area contributed by atoms with E-state index in [-0.39, 0.29) is 11.8 Å². The molecule has 26 heavy (non-hydrogen) atoms. The molecule has 3 aliphatic rings. The van der Waals surface area contributed by atoms with Gasteiger partial charge in [-0.15, -0.1) is 0 Å². The van der Waals surface area contributed by atoms with Crippen molar-refractivity contribution >= 4 is 23.3 Å². The van der Waals surface area contributed by atoms with Gasteiger partial charge in [-0.3, -0.25) is 14.6 Å². The molecule has 0 unspecified atom stereocenters. The molecule has 0 bridgehead atoms. The van der Waals surface area contributed by atoms with Crippen LogP contribution in [0.15, 0.2) is 36.7 Å². The minimum absolute atomic E-state index is 0.00344. The highest BCUT2D eigenvalue weighted by molar-refractivity contribution is 6.02. The van der Waals surface area contributed by atoms with Crippen LogP contribution < -0.4 is 10.6 Å². The topological polar surface area (TPSA) is 87.2 Å². The molecule has 2 aromatic rings. The Morgan fingerprint density at radius 3 is 2.62 bits per heavy atom. The maximum Gasteiger partial charge on any atom is 0.274 e. The molecule has 2 amide bonds. The number of pyridine rings is 2. The van der Waals surface area contributed by atoms with E-state index in [1.807, 2.05) is 24.3 Å². The van der Waals surface area contributed by atoms with Gasteiger partial charge in [0.25, 0.3) is 5.91 Å². The molecular formula is C19H19N5O2. The first-order valence-electron chi connectivity index (χ1n) is 8.96. The molecule has 2 N–H and O–H groups in total. The van der Waals surface area contributed by atoms with Gasteiger partial charge in [-0.1, -0.05) is 6.07 Å². The summed E-state index contributed by atoms with van der Waals surface area (Å²) in [5, 5.41) is 6.23. The lowest BCUT2D eigenvalue weighted by molar-refractivity contribution is -0.127. The summed E-state index contributed by atoms with van der Waals surface area (Å²) in [4.78, 5) is 35.8. The lowest BCUT2D eigenvalue weighted by Crippen LogP contribution is -2.50. The minimum Gasteiger partial charge on any atom is -0.351 e. The third-order valence-electron chi connectivity index (χ3n) is 5.28. The molecule has 0 atom stereocenters. The van der Waals surface area contributed by atoms with Crippen LogP contribution in [0.4, 0.5) is 11.5 Å². The predicted octanol–water partition coefficient (Wildman–Crippen LogP) is 1.99. The molecule has 2 saturated carbocycles. The average molecular weight is 349 g/mol. The minimum atomic E-state index is -0.668. The summed E-state index contributed by atoms with van der Waals surface area (Å²) < 4.78 is 0. The molecule has 0 aromatic carbocycles. The molecular weight excluding hydrogens is 330 g/mol. The number of hydrogen-bond acceptors (Lipinski definition) is 5. The van der Waals surface area contributed by atoms with Crippen molar-refractivity contribution in [1.29, 1.82) is 0 Å². The molecule has 3 heterocycles. The van der Waals surface area contributed by atoms with Crippen LogP contribution in [0, 0.1) is 0 Å². The smallest absolute Gasteiger partial charge is 0.274 e. The van der Waals surface area contributed by atoms with E-state index in [0.717, 1.165) is 36.9 Å². The Hall–Kier alpha value is -2.96. The van der Waals surface area contributed by atoms with Crippen LogP contribution in [0.5, 0.6) is 0 Å². The van der Waals surface area contributed by atoms with Gasteiger partial charge in [-0.05, 0) is 43.9 Å². The maximum atomic E-state index is 12.9. The zero-order valence-corrected chi connectivity index (χ0v) is 14.2. The largest absolute Gasteiger partial charge is 0.351 e. The second kappa shape index (κ2) is 5.52. The van der Waals surface area contributed by atoms with E-state index in [0.29, 0.717) is 24.1 Å². The molecule has 7 heteroatoms. The highest BCUT2D eigenvalue weighted by Crippen LogP contribution is 2.46. The Labute approximate surface area is 150 Å². The number of carbonyl (C=O) groups excluding carboxylic acids is 2. The molecule has 2 fully saturated rings. The van der Waals surface area contributed by atoms with E-state index in [1.54, 1.807) is 17.3 Å². The number of anilines is 2. The third-order valence-corrected chi connectivity index (χ3v) is 5.28. The van der Waals surface area contributed by atoms with Gasteiger partial charge < -0.3 is 15.5 Å². The van der Waals surface area contributed by atoms with Crippen LogP contribution in [-0.2, 0) is 11.3 Å². The fraction of sp³-hybridized carbons (Fsp3) is 0.368. The monoisotopic (exact) mass is 349 g/mol. The van der Waals surface area contributed by atoms with Gasteiger partial charge in [0.05, 0.1) is 0 Å². The van der Waals surface area contributed by atoms with Gasteiger partial charge in [0.1, 0.15) is 17.1 Å². The van der Waals surface area contributed by atoms with Crippen molar-refractivity contribution in [1.82, 2.24) is 20.2 Å². The number of hydrogen-bond donors (Lipinski definition) is 2. The Bertz CT molecular complexity index is 890. The van der Waals surface area contributed by atoms with Crippen molar-refractivity contribution in [3.63, 3.8) is 0 Å². The first-order chi connectivity index (χ1) is 12.7. The van der Waals surface area contributed by atoms with Crippen LogP contribution in [0.1, 0.15) is 41.7 Å². The molecule has 2 aromatic heterocycles. The molecule has 0 spiro atoms. The highest BCUT2D eigenvalue weighted by atomic mass is 16.2. The Kier molecular flexibility index (Phi) is 3.25. The van der Waals surface area contributed by atoms with Gasteiger partial charge in [0.15, 0.2) is 0 Å². The molecule has 1 aliphatic heterocycles. The van der Waals surface area contributed by atoms with Crippen molar-refractivity contribution in [3.05, 3.63) is 47.9 Å². The van der Waals surface area contributed by atoms with Crippen LogP contribution in [-0.4, -0.2) is 38.3 Å². The first-order valence-corrected chi connectivity index (χ1v) is 8.96. The van der Waals surface area contributed by atoms with E-state index < -0.39 is 5.54 Å². The van der Waals surface area contributed by atoms with Crippen LogP contribution >= 0.6 is 0 Å². The van der Waals surface area contributed by atoms with Crippen molar-refractivity contribution in [2.24, 2.45) is 0 Å². The Morgan fingerprint density at radius 1 is 1.15 bits per heavy atom. The fourth-order valence-corrected chi connectivity index (χ4v) is 3.45. The molecule has 2 aliphatic carbocycles. The van der Waals surface area contributed by atoms with Crippen LogP contribution in [0.25, 0.3) is 0 Å². The molecule has 7 nitrogen and oxygen atoms in total. The van der Waals surface area contributed by atoms with E-state index in [4.69, 9.17) is 0 Å². The van der Waals surface area contributed by atoms with Crippen molar-refractivity contribution in [2.45, 2.75) is 43.8 Å². The summed E-state index contributed by atoms with van der Waals surface area (Å²) in [5.41, 5.74) is 1.51. The molecule has 5 rings (SSSR count). The van der Waals surface area contributed by atoms with Gasteiger partial charge in [0.2, 0.25) is 5.91 Å². The number of amides is 2. The van der Waals surface area contributed by atoms with Crippen LogP contribution in [0.3, 0.4) is 0 Å². The number of aromatic nitrogens is 2. The van der Waals surface area contributed by atoms with Crippen LogP contribution in [0.2, 0.25) is 0 Å². The second-order valence-corrected chi connectivity index (χ2v) is 7.24. The lowest BCUT2D eigenvalue weighted by atomic mass is 10.2. The standard InChI is InChI=1S/C19H19N5O2/c25-17-16-12(1-4-15(23-16)21-14-5-9-20-10-6-14)11-24(17)19(7-8-19)18(26)22-13-2-3-13/h1,4-6,9-10,13H,2-3,7-8,11H2,(H,22,26)(H,20,21,23). The van der Waals surface area contributed by atoms with E-state index in [1.165, 1.54) is 0 Å². The number of nitrogens with zero attached hydrogens (tertiary/aromatic N) is 3. The van der Waals surface area contributed by atoms with Crippen molar-refractivity contribution in [3.8, 4) is 0 Å². The summed E-state index contributed by atoms with van der Waals surface area (Å²) in [5.74, 6) is 0.454. The maximum absolute atomic E-state index is 12.9. The number of nitrogens with one attached hydrogen (secondary N) is 2. The average Bonchev–Trinajstić information content (AvgIpc) is 3.57. The van der Waals surface area contributed by atoms with Gasteiger partial charge in [-0.25, -0.2) is 4.98 Å². The fourth-order valence-electron chi connectivity index (χ4n) is 3.45. The molecule has 0 radical (unpaired) electrons. The number of fused-ring (bicyclic) bond motifs is 1. The second-order valence-electron chi connectivity index (χ2n) is 7.24. The lowest BCUT2D eigenvalue weighted by Gasteiger charge is -2.26. The third kappa shape index (κ3) is 2.51. The summed E-state index contributed by atoms with van der Waals surface area (Å²) in [6, 6.07) is 7.75. The predicted molar refractivity (Wildman–Crippen MR) is 94.8 cm³/mol. The first kappa shape index (κ1) is 15.3. The zero-order chi connectivity index (χ0) is 17.7. The molecule has 132 valence electrons. The normalized spacial score (nSPS) is 19.8. The van der Waals surface area contributed by atoms with E-state index in [9.17, 15) is 9.59 Å². The van der Waals surface area contributed by atoms with E-state index >= 15 is 0 Å². The highest BCUT2D eigenvalue weighted by Gasteiger charge is 2.59. The number of rotatable bonds is 5.